The standard InChI is InChI=1S/C22H31Cl/c1-2-3-4-17-5-7-18(8-6-17)19-9-11-20(12-10-19)21-13-15-22(23)16-14-21/h2,13-20H,1,3-12H2. The van der Waals surface area contributed by atoms with Crippen molar-refractivity contribution in [3.63, 3.8) is 0 Å². The van der Waals surface area contributed by atoms with Crippen molar-refractivity contribution in [1.29, 1.82) is 0 Å². The average molecular weight is 331 g/mol. The Balaban J connectivity index is 1.44. The predicted molar refractivity (Wildman–Crippen MR) is 101 cm³/mol. The smallest absolute Gasteiger partial charge is 0.0406 e. The van der Waals surface area contributed by atoms with Crippen molar-refractivity contribution < 1.29 is 0 Å². The van der Waals surface area contributed by atoms with Crippen LogP contribution in [-0.4, -0.2) is 0 Å². The van der Waals surface area contributed by atoms with E-state index in [4.69, 9.17) is 11.6 Å². The lowest BCUT2D eigenvalue weighted by Gasteiger charge is -2.38. The summed E-state index contributed by atoms with van der Waals surface area (Å²) in [5, 5.41) is 0.857. The topological polar surface area (TPSA) is 0 Å². The number of allylic oxidation sites excluding steroid dienone is 1. The number of benzene rings is 1. The van der Waals surface area contributed by atoms with Gasteiger partial charge >= 0.3 is 0 Å². The summed E-state index contributed by atoms with van der Waals surface area (Å²) >= 11 is 6.01. The fourth-order valence-electron chi connectivity index (χ4n) is 4.96. The molecule has 0 amide bonds. The average Bonchev–Trinajstić information content (AvgIpc) is 2.61. The maximum atomic E-state index is 6.01. The van der Waals surface area contributed by atoms with Crippen LogP contribution in [0.25, 0.3) is 0 Å². The molecule has 0 radical (unpaired) electrons. The molecular formula is C22H31Cl. The van der Waals surface area contributed by atoms with Crippen molar-refractivity contribution in [2.75, 3.05) is 0 Å². The van der Waals surface area contributed by atoms with Gasteiger partial charge in [0, 0.05) is 5.02 Å². The van der Waals surface area contributed by atoms with Crippen LogP contribution < -0.4 is 0 Å². The molecule has 2 aliphatic rings. The molecule has 2 fully saturated rings. The van der Waals surface area contributed by atoms with Gasteiger partial charge in [-0.15, -0.1) is 6.58 Å². The first-order valence-electron chi connectivity index (χ1n) is 9.62. The highest BCUT2D eigenvalue weighted by Gasteiger charge is 2.31. The van der Waals surface area contributed by atoms with E-state index in [9.17, 15) is 0 Å². The summed E-state index contributed by atoms with van der Waals surface area (Å²) in [6.07, 6.45) is 16.2. The molecule has 2 aliphatic carbocycles. The van der Waals surface area contributed by atoms with E-state index in [1.165, 1.54) is 69.8 Å². The van der Waals surface area contributed by atoms with Gasteiger partial charge < -0.3 is 0 Å². The molecule has 0 heterocycles. The Morgan fingerprint density at radius 3 is 2.00 bits per heavy atom. The van der Waals surface area contributed by atoms with Gasteiger partial charge in [-0.2, -0.15) is 0 Å². The third-order valence-corrected chi connectivity index (χ3v) is 6.70. The number of halogens is 1. The molecule has 1 aromatic carbocycles. The summed E-state index contributed by atoms with van der Waals surface area (Å²) in [5.41, 5.74) is 1.50. The van der Waals surface area contributed by atoms with E-state index in [0.717, 1.165) is 28.7 Å². The van der Waals surface area contributed by atoms with Gasteiger partial charge in [0.1, 0.15) is 0 Å². The maximum absolute atomic E-state index is 6.01. The van der Waals surface area contributed by atoms with Crippen LogP contribution in [0.1, 0.15) is 75.7 Å². The molecule has 0 aliphatic heterocycles. The normalized spacial score (nSPS) is 31.7. The van der Waals surface area contributed by atoms with Gasteiger partial charge in [-0.05, 0) is 92.7 Å². The molecule has 0 atom stereocenters. The van der Waals surface area contributed by atoms with Crippen LogP contribution in [-0.2, 0) is 0 Å². The van der Waals surface area contributed by atoms with Crippen LogP contribution in [0.3, 0.4) is 0 Å². The first kappa shape index (κ1) is 17.1. The molecule has 1 aromatic rings. The monoisotopic (exact) mass is 330 g/mol. The third-order valence-electron chi connectivity index (χ3n) is 6.45. The molecule has 0 aromatic heterocycles. The minimum absolute atomic E-state index is 0.771. The Kier molecular flexibility index (Phi) is 6.22. The summed E-state index contributed by atoms with van der Waals surface area (Å²) in [5.74, 6) is 3.77. The van der Waals surface area contributed by atoms with Crippen molar-refractivity contribution in [3.05, 3.63) is 47.5 Å². The van der Waals surface area contributed by atoms with Crippen LogP contribution in [0.4, 0.5) is 0 Å². The Hall–Kier alpha value is -0.750. The van der Waals surface area contributed by atoms with Crippen LogP contribution in [0.2, 0.25) is 5.02 Å². The van der Waals surface area contributed by atoms with Crippen molar-refractivity contribution in [2.45, 2.75) is 70.1 Å². The number of hydrogen-bond acceptors (Lipinski definition) is 0. The summed E-state index contributed by atoms with van der Waals surface area (Å²) in [4.78, 5) is 0. The minimum atomic E-state index is 0.771. The Bertz CT molecular complexity index is 473. The van der Waals surface area contributed by atoms with Gasteiger partial charge in [0.25, 0.3) is 0 Å². The summed E-state index contributed by atoms with van der Waals surface area (Å²) in [6.45, 7) is 3.86. The van der Waals surface area contributed by atoms with Crippen molar-refractivity contribution in [3.8, 4) is 0 Å². The van der Waals surface area contributed by atoms with E-state index >= 15 is 0 Å². The molecule has 0 nitrogen and oxygen atoms in total. The molecule has 3 rings (SSSR count). The zero-order valence-corrected chi connectivity index (χ0v) is 15.1. The van der Waals surface area contributed by atoms with Crippen LogP contribution in [0.15, 0.2) is 36.9 Å². The molecule has 0 saturated heterocycles. The zero-order valence-electron chi connectivity index (χ0n) is 14.4. The molecule has 0 spiro atoms. The van der Waals surface area contributed by atoms with Gasteiger partial charge in [0.05, 0.1) is 0 Å². The molecule has 23 heavy (non-hydrogen) atoms. The largest absolute Gasteiger partial charge is 0.103 e. The van der Waals surface area contributed by atoms with Crippen LogP contribution in [0, 0.1) is 17.8 Å². The van der Waals surface area contributed by atoms with Gasteiger partial charge in [0.2, 0.25) is 0 Å². The molecule has 0 bridgehead atoms. The lowest BCUT2D eigenvalue weighted by molar-refractivity contribution is 0.157. The van der Waals surface area contributed by atoms with Crippen LogP contribution in [0.5, 0.6) is 0 Å². The van der Waals surface area contributed by atoms with Gasteiger partial charge in [0.15, 0.2) is 0 Å². The molecule has 0 N–H and O–H groups in total. The molecule has 2 saturated carbocycles. The Morgan fingerprint density at radius 1 is 0.870 bits per heavy atom. The predicted octanol–water partition coefficient (Wildman–Crippen LogP) is 7.39. The van der Waals surface area contributed by atoms with E-state index in [1.54, 1.807) is 0 Å². The first-order valence-corrected chi connectivity index (χ1v) is 10.0. The minimum Gasteiger partial charge on any atom is -0.103 e. The van der Waals surface area contributed by atoms with Crippen LogP contribution >= 0.6 is 11.6 Å². The zero-order chi connectivity index (χ0) is 16.1. The highest BCUT2D eigenvalue weighted by Crippen LogP contribution is 2.44. The second-order valence-electron chi connectivity index (χ2n) is 7.81. The second kappa shape index (κ2) is 8.38. The van der Waals surface area contributed by atoms with Crippen molar-refractivity contribution in [2.24, 2.45) is 17.8 Å². The second-order valence-corrected chi connectivity index (χ2v) is 8.25. The number of hydrogen-bond donors (Lipinski definition) is 0. The van der Waals surface area contributed by atoms with E-state index < -0.39 is 0 Å². The van der Waals surface area contributed by atoms with E-state index in [2.05, 4.69) is 24.8 Å². The highest BCUT2D eigenvalue weighted by molar-refractivity contribution is 6.30. The summed E-state index contributed by atoms with van der Waals surface area (Å²) in [7, 11) is 0. The van der Waals surface area contributed by atoms with Crippen molar-refractivity contribution in [1.82, 2.24) is 0 Å². The van der Waals surface area contributed by atoms with Gasteiger partial charge in [-0.1, -0.05) is 42.7 Å². The quantitative estimate of drug-likeness (QED) is 0.494. The SMILES string of the molecule is C=CCCC1CCC(C2CCC(c3ccc(Cl)cc3)CC2)CC1. The van der Waals surface area contributed by atoms with Crippen molar-refractivity contribution >= 4 is 11.6 Å². The molecule has 0 unspecified atom stereocenters. The lowest BCUT2D eigenvalue weighted by atomic mass is 9.68. The molecule has 1 heteroatoms. The Labute approximate surface area is 147 Å². The molecular weight excluding hydrogens is 300 g/mol. The van der Waals surface area contributed by atoms with E-state index in [-0.39, 0.29) is 0 Å². The van der Waals surface area contributed by atoms with E-state index in [1.807, 2.05) is 12.1 Å². The lowest BCUT2D eigenvalue weighted by Crippen LogP contribution is -2.25. The van der Waals surface area contributed by atoms with Gasteiger partial charge in [-0.25, -0.2) is 0 Å². The number of rotatable bonds is 5. The fraction of sp³-hybridized carbons (Fsp3) is 0.636. The van der Waals surface area contributed by atoms with E-state index in [0.29, 0.717) is 0 Å². The highest BCUT2D eigenvalue weighted by atomic mass is 35.5. The Morgan fingerprint density at radius 2 is 1.43 bits per heavy atom. The summed E-state index contributed by atoms with van der Waals surface area (Å²) < 4.78 is 0. The first-order chi connectivity index (χ1) is 11.3. The maximum Gasteiger partial charge on any atom is 0.0406 e. The fourth-order valence-corrected chi connectivity index (χ4v) is 5.09. The third kappa shape index (κ3) is 4.63. The molecule has 126 valence electrons. The van der Waals surface area contributed by atoms with Gasteiger partial charge in [-0.3, -0.25) is 0 Å². The summed E-state index contributed by atoms with van der Waals surface area (Å²) in [6, 6.07) is 8.57.